The van der Waals surface area contributed by atoms with E-state index >= 15 is 0 Å². The predicted octanol–water partition coefficient (Wildman–Crippen LogP) is 3.37. The van der Waals surface area contributed by atoms with E-state index in [2.05, 4.69) is 13.0 Å². The molecule has 108 valence electrons. The fourth-order valence-corrected chi connectivity index (χ4v) is 2.68. The third-order valence-electron chi connectivity index (χ3n) is 3.92. The van der Waals surface area contributed by atoms with Crippen LogP contribution in [0.1, 0.15) is 37.8 Å². The number of hydrogen-bond acceptors (Lipinski definition) is 3. The van der Waals surface area contributed by atoms with Crippen LogP contribution in [-0.4, -0.2) is 19.7 Å². The van der Waals surface area contributed by atoms with Gasteiger partial charge in [0.25, 0.3) is 0 Å². The Morgan fingerprint density at radius 2 is 2.10 bits per heavy atom. The van der Waals surface area contributed by atoms with Gasteiger partial charge < -0.3 is 9.47 Å². The Bertz CT molecular complexity index is 519. The lowest BCUT2D eigenvalue weighted by Gasteiger charge is -2.34. The van der Waals surface area contributed by atoms with Crippen LogP contribution < -0.4 is 0 Å². The largest absolute Gasteiger partial charge is 0.500 e. The summed E-state index contributed by atoms with van der Waals surface area (Å²) in [6, 6.07) is 7.99. The van der Waals surface area contributed by atoms with E-state index in [0.29, 0.717) is 12.4 Å². The number of carbonyl (C=O) groups excluding carboxylic acids is 1. The molecule has 1 unspecified atom stereocenters. The molecule has 0 bridgehead atoms. The van der Waals surface area contributed by atoms with Crippen molar-refractivity contribution >= 4 is 5.97 Å². The first-order valence-corrected chi connectivity index (χ1v) is 7.14. The number of unbranched alkanes of at least 4 members (excludes halogenated alkanes) is 1. The van der Waals surface area contributed by atoms with Crippen molar-refractivity contribution in [2.75, 3.05) is 13.7 Å². The second-order valence-corrected chi connectivity index (χ2v) is 5.25. The summed E-state index contributed by atoms with van der Waals surface area (Å²) in [5.74, 6) is 0.448. The molecule has 2 rings (SSSR count). The molecule has 0 radical (unpaired) electrons. The van der Waals surface area contributed by atoms with E-state index in [0.717, 1.165) is 30.4 Å². The molecular weight excluding hydrogens is 252 g/mol. The quantitative estimate of drug-likeness (QED) is 0.610. The number of allylic oxidation sites excluding steroid dienone is 1. The second kappa shape index (κ2) is 6.12. The normalized spacial score (nSPS) is 20.9. The topological polar surface area (TPSA) is 35.5 Å². The van der Waals surface area contributed by atoms with Gasteiger partial charge in [0, 0.05) is 0 Å². The fourth-order valence-electron chi connectivity index (χ4n) is 2.68. The SMILES string of the molecule is CCCCOC(=O)C1(C)C(OC)=CCc2ccccc21. The van der Waals surface area contributed by atoms with E-state index in [-0.39, 0.29) is 5.97 Å². The molecule has 0 spiro atoms. The molecule has 3 nitrogen and oxygen atoms in total. The third kappa shape index (κ3) is 2.45. The third-order valence-corrected chi connectivity index (χ3v) is 3.92. The van der Waals surface area contributed by atoms with Crippen LogP contribution >= 0.6 is 0 Å². The van der Waals surface area contributed by atoms with Gasteiger partial charge in [-0.3, -0.25) is 4.79 Å². The summed E-state index contributed by atoms with van der Waals surface area (Å²) in [5.41, 5.74) is 1.31. The number of methoxy groups -OCH3 is 1. The average Bonchev–Trinajstić information content (AvgIpc) is 2.48. The Morgan fingerprint density at radius 1 is 1.35 bits per heavy atom. The molecule has 1 aromatic carbocycles. The van der Waals surface area contributed by atoms with Crippen LogP contribution in [0.4, 0.5) is 0 Å². The molecule has 1 aliphatic rings. The minimum atomic E-state index is -0.836. The van der Waals surface area contributed by atoms with Crippen LogP contribution in [0.5, 0.6) is 0 Å². The summed E-state index contributed by atoms with van der Waals surface area (Å²) in [4.78, 5) is 12.6. The van der Waals surface area contributed by atoms with Gasteiger partial charge in [0.15, 0.2) is 0 Å². The molecule has 0 N–H and O–H groups in total. The maximum atomic E-state index is 12.6. The van der Waals surface area contributed by atoms with Crippen molar-refractivity contribution in [2.24, 2.45) is 0 Å². The maximum absolute atomic E-state index is 12.6. The van der Waals surface area contributed by atoms with Gasteiger partial charge in [0.1, 0.15) is 11.2 Å². The zero-order chi connectivity index (χ0) is 14.6. The highest BCUT2D eigenvalue weighted by molar-refractivity contribution is 5.87. The van der Waals surface area contributed by atoms with E-state index in [1.54, 1.807) is 7.11 Å². The van der Waals surface area contributed by atoms with Crippen LogP contribution in [0.25, 0.3) is 0 Å². The van der Waals surface area contributed by atoms with Crippen molar-refractivity contribution in [3.63, 3.8) is 0 Å². The number of esters is 1. The maximum Gasteiger partial charge on any atom is 0.324 e. The van der Waals surface area contributed by atoms with Crippen LogP contribution in [0.15, 0.2) is 36.1 Å². The summed E-state index contributed by atoms with van der Waals surface area (Å²) in [7, 11) is 1.61. The second-order valence-electron chi connectivity index (χ2n) is 5.25. The van der Waals surface area contributed by atoms with Gasteiger partial charge in [0.2, 0.25) is 0 Å². The van der Waals surface area contributed by atoms with Gasteiger partial charge in [-0.05, 0) is 37.0 Å². The first-order chi connectivity index (χ1) is 9.64. The lowest BCUT2D eigenvalue weighted by atomic mass is 9.74. The standard InChI is InChI=1S/C17H22O3/c1-4-5-12-20-16(18)17(2)14-9-7-6-8-13(14)10-11-15(17)19-3/h6-9,11H,4-5,10,12H2,1-3H3. The Balaban J connectivity index is 2.35. The predicted molar refractivity (Wildman–Crippen MR) is 78.5 cm³/mol. The van der Waals surface area contributed by atoms with Crippen molar-refractivity contribution in [1.82, 2.24) is 0 Å². The number of benzene rings is 1. The minimum absolute atomic E-state index is 0.230. The Morgan fingerprint density at radius 3 is 2.80 bits per heavy atom. The molecule has 0 saturated heterocycles. The first-order valence-electron chi connectivity index (χ1n) is 7.14. The summed E-state index contributed by atoms with van der Waals surface area (Å²) in [6.07, 6.45) is 4.66. The molecule has 3 heteroatoms. The highest BCUT2D eigenvalue weighted by atomic mass is 16.5. The highest BCUT2D eigenvalue weighted by Gasteiger charge is 2.45. The van der Waals surface area contributed by atoms with Gasteiger partial charge in [-0.25, -0.2) is 0 Å². The molecule has 0 saturated carbocycles. The minimum Gasteiger partial charge on any atom is -0.500 e. The highest BCUT2D eigenvalue weighted by Crippen LogP contribution is 2.39. The van der Waals surface area contributed by atoms with Crippen molar-refractivity contribution < 1.29 is 14.3 Å². The number of rotatable bonds is 5. The zero-order valence-electron chi connectivity index (χ0n) is 12.4. The summed E-state index contributed by atoms with van der Waals surface area (Å²) in [5, 5.41) is 0. The molecule has 0 aromatic heterocycles. The van der Waals surface area contributed by atoms with E-state index in [1.165, 1.54) is 0 Å². The van der Waals surface area contributed by atoms with Gasteiger partial charge in [-0.2, -0.15) is 0 Å². The van der Waals surface area contributed by atoms with Gasteiger partial charge in [-0.1, -0.05) is 37.6 Å². The van der Waals surface area contributed by atoms with E-state index in [1.807, 2.05) is 31.2 Å². The van der Waals surface area contributed by atoms with E-state index in [4.69, 9.17) is 9.47 Å². The van der Waals surface area contributed by atoms with Gasteiger partial charge in [-0.15, -0.1) is 0 Å². The van der Waals surface area contributed by atoms with E-state index in [9.17, 15) is 4.79 Å². The average molecular weight is 274 g/mol. The molecule has 1 aromatic rings. The van der Waals surface area contributed by atoms with Crippen molar-refractivity contribution in [3.8, 4) is 0 Å². The molecular formula is C17H22O3. The van der Waals surface area contributed by atoms with Crippen LogP contribution in [0, 0.1) is 0 Å². The monoisotopic (exact) mass is 274 g/mol. The molecule has 0 heterocycles. The smallest absolute Gasteiger partial charge is 0.324 e. The molecule has 0 amide bonds. The van der Waals surface area contributed by atoms with Crippen molar-refractivity contribution in [1.29, 1.82) is 0 Å². The molecule has 0 fully saturated rings. The van der Waals surface area contributed by atoms with Crippen LogP contribution in [0.2, 0.25) is 0 Å². The number of hydrogen-bond donors (Lipinski definition) is 0. The Hall–Kier alpha value is -1.77. The van der Waals surface area contributed by atoms with E-state index < -0.39 is 5.41 Å². The molecule has 1 aliphatic carbocycles. The Labute approximate surface area is 120 Å². The lowest BCUT2D eigenvalue weighted by molar-refractivity contribution is -0.150. The first kappa shape index (κ1) is 14.6. The fraction of sp³-hybridized carbons (Fsp3) is 0.471. The number of carbonyl (C=O) groups is 1. The Kier molecular flexibility index (Phi) is 4.48. The van der Waals surface area contributed by atoms with Gasteiger partial charge >= 0.3 is 5.97 Å². The lowest BCUT2D eigenvalue weighted by Crippen LogP contribution is -2.40. The van der Waals surface area contributed by atoms with Crippen LogP contribution in [0.3, 0.4) is 0 Å². The van der Waals surface area contributed by atoms with Crippen molar-refractivity contribution in [3.05, 3.63) is 47.2 Å². The molecule has 1 atom stereocenters. The summed E-state index contributed by atoms with van der Waals surface area (Å²) in [6.45, 7) is 4.42. The van der Waals surface area contributed by atoms with Crippen LogP contribution in [-0.2, 0) is 26.1 Å². The summed E-state index contributed by atoms with van der Waals surface area (Å²) >= 11 is 0. The number of fused-ring (bicyclic) bond motifs is 1. The molecule has 20 heavy (non-hydrogen) atoms. The zero-order valence-corrected chi connectivity index (χ0v) is 12.4. The summed E-state index contributed by atoms with van der Waals surface area (Å²) < 4.78 is 10.9. The number of ether oxygens (including phenoxy) is 2. The van der Waals surface area contributed by atoms with Crippen molar-refractivity contribution in [2.45, 2.75) is 38.5 Å². The van der Waals surface area contributed by atoms with Gasteiger partial charge in [0.05, 0.1) is 13.7 Å². The molecule has 0 aliphatic heterocycles.